The van der Waals surface area contributed by atoms with Crippen LogP contribution in [0.2, 0.25) is 0 Å². The number of oxime groups is 1. The molecule has 0 aliphatic rings. The molecule has 0 fully saturated rings. The van der Waals surface area contributed by atoms with Crippen LogP contribution in [-0.4, -0.2) is 33.8 Å². The van der Waals surface area contributed by atoms with Crippen LogP contribution < -0.4 is 0 Å². The van der Waals surface area contributed by atoms with Crippen LogP contribution in [0.1, 0.15) is 31.0 Å². The van der Waals surface area contributed by atoms with Gasteiger partial charge in [0.25, 0.3) is 0 Å². The fourth-order valence-electron chi connectivity index (χ4n) is 2.17. The van der Waals surface area contributed by atoms with Crippen LogP contribution >= 0.6 is 0 Å². The van der Waals surface area contributed by atoms with Gasteiger partial charge in [0.2, 0.25) is 0 Å². The Morgan fingerprint density at radius 1 is 1.39 bits per heavy atom. The quantitative estimate of drug-likeness (QED) is 0.603. The predicted octanol–water partition coefficient (Wildman–Crippen LogP) is 3.52. The van der Waals surface area contributed by atoms with Crippen molar-refractivity contribution in [2.75, 3.05) is 7.11 Å². The molecule has 0 radical (unpaired) electrons. The van der Waals surface area contributed by atoms with Gasteiger partial charge in [-0.15, -0.1) is 0 Å². The van der Waals surface area contributed by atoms with E-state index in [-0.39, 0.29) is 5.69 Å². The second kappa shape index (κ2) is 7.26. The zero-order chi connectivity index (χ0) is 16.9. The fraction of sp³-hybridized carbons (Fsp3) is 0.400. The fourth-order valence-corrected chi connectivity index (χ4v) is 2.17. The van der Waals surface area contributed by atoms with Crippen LogP contribution in [-0.2, 0) is 11.3 Å². The van der Waals surface area contributed by atoms with Crippen LogP contribution in [0, 0.1) is 0 Å². The molecule has 0 saturated carbocycles. The number of nitrogens with zero attached hydrogens (tertiary/aromatic N) is 4. The SMILES string of the molecule is CCC/C(=N/OC)c1cn(-c2cccnc2)nc1CC(F)(F)F. The van der Waals surface area contributed by atoms with E-state index >= 15 is 0 Å². The van der Waals surface area contributed by atoms with Gasteiger partial charge in [-0.05, 0) is 18.6 Å². The maximum atomic E-state index is 12.8. The smallest absolute Gasteiger partial charge is 0.394 e. The molecule has 0 atom stereocenters. The molecule has 2 aromatic rings. The molecule has 5 nitrogen and oxygen atoms in total. The number of alkyl halides is 3. The van der Waals surface area contributed by atoms with Crippen molar-refractivity contribution in [3.05, 3.63) is 42.0 Å². The highest BCUT2D eigenvalue weighted by Gasteiger charge is 2.32. The highest BCUT2D eigenvalue weighted by Crippen LogP contribution is 2.24. The van der Waals surface area contributed by atoms with Gasteiger partial charge in [-0.3, -0.25) is 4.98 Å². The maximum absolute atomic E-state index is 12.8. The summed E-state index contributed by atoms with van der Waals surface area (Å²) in [4.78, 5) is 8.72. The molecule has 23 heavy (non-hydrogen) atoms. The van der Waals surface area contributed by atoms with Crippen LogP contribution in [0.25, 0.3) is 5.69 Å². The summed E-state index contributed by atoms with van der Waals surface area (Å²) in [6.07, 6.45) is 0.393. The minimum Gasteiger partial charge on any atom is -0.399 e. The second-order valence-electron chi connectivity index (χ2n) is 4.91. The highest BCUT2D eigenvalue weighted by molar-refractivity contribution is 6.01. The molecular formula is C15H17F3N4O. The average molecular weight is 326 g/mol. The number of hydrogen-bond donors (Lipinski definition) is 0. The van der Waals surface area contributed by atoms with Crippen LogP contribution in [0.15, 0.2) is 35.9 Å². The van der Waals surface area contributed by atoms with Gasteiger partial charge in [0.1, 0.15) is 7.11 Å². The molecular weight excluding hydrogens is 309 g/mol. The molecule has 0 aromatic carbocycles. The Hall–Kier alpha value is -2.38. The number of aromatic nitrogens is 3. The summed E-state index contributed by atoms with van der Waals surface area (Å²) in [6.45, 7) is 1.92. The monoisotopic (exact) mass is 326 g/mol. The minimum absolute atomic E-state index is 0.0781. The Morgan fingerprint density at radius 3 is 2.74 bits per heavy atom. The third kappa shape index (κ3) is 4.54. The number of hydrogen-bond acceptors (Lipinski definition) is 4. The molecule has 124 valence electrons. The van der Waals surface area contributed by atoms with Crippen molar-refractivity contribution in [1.29, 1.82) is 0 Å². The molecule has 0 aliphatic heterocycles. The van der Waals surface area contributed by atoms with Gasteiger partial charge in [0.05, 0.1) is 29.7 Å². The standard InChI is InChI=1S/C15H17F3N4O/c1-3-5-13(21-23-2)12-10-22(11-6-4-7-19-9-11)20-14(12)8-15(16,17)18/h4,6-7,9-10H,3,5,8H2,1-2H3/b21-13-. The summed E-state index contributed by atoms with van der Waals surface area (Å²) in [5.41, 5.74) is 1.29. The van der Waals surface area contributed by atoms with Crippen LogP contribution in [0.4, 0.5) is 13.2 Å². The third-order valence-corrected chi connectivity index (χ3v) is 3.07. The van der Waals surface area contributed by atoms with Crippen molar-refractivity contribution >= 4 is 5.71 Å². The zero-order valence-corrected chi connectivity index (χ0v) is 12.8. The van der Waals surface area contributed by atoms with E-state index in [1.807, 2.05) is 6.92 Å². The first kappa shape index (κ1) is 17.0. The summed E-state index contributed by atoms with van der Waals surface area (Å²) in [7, 11) is 1.37. The van der Waals surface area contributed by atoms with Gasteiger partial charge >= 0.3 is 6.18 Å². The van der Waals surface area contributed by atoms with E-state index in [0.29, 0.717) is 23.4 Å². The van der Waals surface area contributed by atoms with Crippen molar-refractivity contribution in [2.45, 2.75) is 32.4 Å². The summed E-state index contributed by atoms with van der Waals surface area (Å²) in [5, 5.41) is 7.93. The van der Waals surface area contributed by atoms with Crippen molar-refractivity contribution in [3.8, 4) is 5.69 Å². The Labute approximate surface area is 131 Å². The first-order valence-electron chi connectivity index (χ1n) is 7.10. The molecule has 0 bridgehead atoms. The van der Waals surface area contributed by atoms with Crippen molar-refractivity contribution < 1.29 is 18.0 Å². The first-order chi connectivity index (χ1) is 10.9. The summed E-state index contributed by atoms with van der Waals surface area (Å²) in [6, 6.07) is 3.41. The van der Waals surface area contributed by atoms with Gasteiger partial charge in [-0.2, -0.15) is 18.3 Å². The largest absolute Gasteiger partial charge is 0.399 e. The molecule has 0 aliphatic carbocycles. The lowest BCUT2D eigenvalue weighted by molar-refractivity contribution is -0.127. The Bertz CT molecular complexity index is 665. The first-order valence-corrected chi connectivity index (χ1v) is 7.10. The summed E-state index contributed by atoms with van der Waals surface area (Å²) in [5.74, 6) is 0. The third-order valence-electron chi connectivity index (χ3n) is 3.07. The Balaban J connectivity index is 2.49. The van der Waals surface area contributed by atoms with E-state index in [1.165, 1.54) is 24.2 Å². The number of rotatable bonds is 6. The van der Waals surface area contributed by atoms with Crippen molar-refractivity contribution in [2.24, 2.45) is 5.16 Å². The minimum atomic E-state index is -4.35. The van der Waals surface area contributed by atoms with Crippen molar-refractivity contribution in [1.82, 2.24) is 14.8 Å². The molecule has 0 amide bonds. The predicted molar refractivity (Wildman–Crippen MR) is 79.6 cm³/mol. The number of pyridine rings is 1. The molecule has 0 saturated heterocycles. The van der Waals surface area contributed by atoms with E-state index in [0.717, 1.165) is 6.42 Å². The van der Waals surface area contributed by atoms with E-state index in [4.69, 9.17) is 4.84 Å². The second-order valence-corrected chi connectivity index (χ2v) is 4.91. The Morgan fingerprint density at radius 2 is 2.17 bits per heavy atom. The highest BCUT2D eigenvalue weighted by atomic mass is 19.4. The van der Waals surface area contributed by atoms with Gasteiger partial charge in [0, 0.05) is 18.0 Å². The Kier molecular flexibility index (Phi) is 5.36. The lowest BCUT2D eigenvalue weighted by Crippen LogP contribution is -2.15. The summed E-state index contributed by atoms with van der Waals surface area (Å²) >= 11 is 0. The molecule has 0 spiro atoms. The van der Waals surface area contributed by atoms with Gasteiger partial charge in [0.15, 0.2) is 0 Å². The van der Waals surface area contributed by atoms with Crippen LogP contribution in [0.3, 0.4) is 0 Å². The normalized spacial score (nSPS) is 12.5. The molecule has 0 unspecified atom stereocenters. The topological polar surface area (TPSA) is 52.3 Å². The van der Waals surface area contributed by atoms with E-state index < -0.39 is 12.6 Å². The maximum Gasteiger partial charge on any atom is 0.394 e. The van der Waals surface area contributed by atoms with Gasteiger partial charge < -0.3 is 4.84 Å². The van der Waals surface area contributed by atoms with E-state index in [2.05, 4.69) is 15.2 Å². The molecule has 2 rings (SSSR count). The van der Waals surface area contributed by atoms with E-state index in [1.54, 1.807) is 18.3 Å². The lowest BCUT2D eigenvalue weighted by atomic mass is 10.1. The molecule has 2 aromatic heterocycles. The van der Waals surface area contributed by atoms with E-state index in [9.17, 15) is 13.2 Å². The van der Waals surface area contributed by atoms with Crippen molar-refractivity contribution in [3.63, 3.8) is 0 Å². The zero-order valence-electron chi connectivity index (χ0n) is 12.8. The average Bonchev–Trinajstić information content (AvgIpc) is 2.89. The summed E-state index contributed by atoms with van der Waals surface area (Å²) < 4.78 is 39.9. The molecule has 0 N–H and O–H groups in total. The van der Waals surface area contributed by atoms with Gasteiger partial charge in [-0.25, -0.2) is 4.68 Å². The van der Waals surface area contributed by atoms with Crippen LogP contribution in [0.5, 0.6) is 0 Å². The lowest BCUT2D eigenvalue weighted by Gasteiger charge is -2.07. The molecule has 2 heterocycles. The number of halogens is 3. The molecule has 8 heteroatoms. The van der Waals surface area contributed by atoms with Gasteiger partial charge in [-0.1, -0.05) is 18.5 Å².